The molecule has 0 atom stereocenters. The van der Waals surface area contributed by atoms with Crippen molar-refractivity contribution < 1.29 is 14.1 Å². The van der Waals surface area contributed by atoms with E-state index in [4.69, 9.17) is 4.52 Å². The molecule has 26 heavy (non-hydrogen) atoms. The van der Waals surface area contributed by atoms with Crippen molar-refractivity contribution in [2.45, 2.75) is 20.8 Å². The summed E-state index contributed by atoms with van der Waals surface area (Å²) in [6, 6.07) is 14.2. The zero-order valence-corrected chi connectivity index (χ0v) is 14.8. The third kappa shape index (κ3) is 3.80. The number of rotatable bonds is 4. The molecule has 0 radical (unpaired) electrons. The van der Waals surface area contributed by atoms with E-state index in [-0.39, 0.29) is 11.8 Å². The zero-order chi connectivity index (χ0) is 18.7. The summed E-state index contributed by atoms with van der Waals surface area (Å²) in [5.74, 6) is 0.392. The number of aryl methyl sites for hydroxylation is 2. The number of hydrogen-bond donors (Lipinski definition) is 2. The molecule has 0 unspecified atom stereocenters. The van der Waals surface area contributed by atoms with Crippen LogP contribution in [0.2, 0.25) is 0 Å². The number of benzene rings is 2. The molecule has 6 heteroatoms. The van der Waals surface area contributed by atoms with E-state index in [0.29, 0.717) is 16.9 Å². The van der Waals surface area contributed by atoms with Crippen LogP contribution >= 0.6 is 0 Å². The average Bonchev–Trinajstić information content (AvgIpc) is 2.94. The molecule has 132 valence electrons. The van der Waals surface area contributed by atoms with Gasteiger partial charge in [0.25, 0.3) is 5.91 Å². The number of nitrogens with zero attached hydrogens (tertiary/aromatic N) is 1. The Balaban J connectivity index is 1.71. The summed E-state index contributed by atoms with van der Waals surface area (Å²) < 4.78 is 5.19. The van der Waals surface area contributed by atoms with Crippen LogP contribution in [0.25, 0.3) is 11.1 Å². The maximum Gasteiger partial charge on any atom is 0.255 e. The quantitative estimate of drug-likeness (QED) is 0.740. The lowest BCUT2D eigenvalue weighted by Crippen LogP contribution is -2.12. The van der Waals surface area contributed by atoms with Gasteiger partial charge in [-0.05, 0) is 55.8 Å². The van der Waals surface area contributed by atoms with E-state index in [1.165, 1.54) is 6.92 Å². The molecular formula is C20H19N3O3. The van der Waals surface area contributed by atoms with Gasteiger partial charge in [-0.25, -0.2) is 0 Å². The number of hydrogen-bond acceptors (Lipinski definition) is 4. The van der Waals surface area contributed by atoms with Crippen molar-refractivity contribution in [1.29, 1.82) is 0 Å². The van der Waals surface area contributed by atoms with Crippen LogP contribution in [-0.2, 0) is 4.79 Å². The summed E-state index contributed by atoms with van der Waals surface area (Å²) in [6.07, 6.45) is 0. The lowest BCUT2D eigenvalue weighted by atomic mass is 10.0. The Morgan fingerprint density at radius 1 is 0.885 bits per heavy atom. The first-order valence-corrected chi connectivity index (χ1v) is 8.16. The van der Waals surface area contributed by atoms with Crippen molar-refractivity contribution in [3.63, 3.8) is 0 Å². The Kier molecular flexibility index (Phi) is 4.84. The second kappa shape index (κ2) is 7.23. The highest BCUT2D eigenvalue weighted by atomic mass is 16.5. The number of anilines is 2. The maximum atomic E-state index is 12.3. The van der Waals surface area contributed by atoms with Crippen LogP contribution in [0.4, 0.5) is 11.4 Å². The van der Waals surface area contributed by atoms with E-state index >= 15 is 0 Å². The fourth-order valence-electron chi connectivity index (χ4n) is 2.73. The topological polar surface area (TPSA) is 84.2 Å². The SMILES string of the molecule is CC(=O)Nc1ccc(C(=O)Nc2ccc(-c3c(C)noc3C)cc2)cc1. The van der Waals surface area contributed by atoms with Crippen molar-refractivity contribution in [1.82, 2.24) is 5.16 Å². The van der Waals surface area contributed by atoms with Gasteiger partial charge in [-0.3, -0.25) is 9.59 Å². The van der Waals surface area contributed by atoms with Gasteiger partial charge in [0.15, 0.2) is 0 Å². The van der Waals surface area contributed by atoms with Gasteiger partial charge in [-0.1, -0.05) is 17.3 Å². The first-order chi connectivity index (χ1) is 12.4. The van der Waals surface area contributed by atoms with E-state index in [0.717, 1.165) is 22.6 Å². The molecule has 0 bridgehead atoms. The van der Waals surface area contributed by atoms with Crippen LogP contribution in [0.3, 0.4) is 0 Å². The molecule has 0 saturated heterocycles. The second-order valence-corrected chi connectivity index (χ2v) is 5.99. The number of carbonyl (C=O) groups excluding carboxylic acids is 2. The number of nitrogens with one attached hydrogen (secondary N) is 2. The smallest absolute Gasteiger partial charge is 0.255 e. The van der Waals surface area contributed by atoms with Gasteiger partial charge in [0.1, 0.15) is 5.76 Å². The summed E-state index contributed by atoms with van der Waals surface area (Å²) in [4.78, 5) is 23.4. The Morgan fingerprint density at radius 3 is 2.00 bits per heavy atom. The third-order valence-corrected chi connectivity index (χ3v) is 3.93. The molecule has 0 aliphatic carbocycles. The van der Waals surface area contributed by atoms with Crippen LogP contribution in [0.5, 0.6) is 0 Å². The van der Waals surface area contributed by atoms with Crippen LogP contribution in [0.15, 0.2) is 53.1 Å². The van der Waals surface area contributed by atoms with Crippen LogP contribution < -0.4 is 10.6 Å². The summed E-state index contributed by atoms with van der Waals surface area (Å²) in [7, 11) is 0. The van der Waals surface area contributed by atoms with Gasteiger partial charge < -0.3 is 15.2 Å². The summed E-state index contributed by atoms with van der Waals surface area (Å²) >= 11 is 0. The Bertz CT molecular complexity index is 922. The fraction of sp³-hybridized carbons (Fsp3) is 0.150. The molecule has 2 aromatic carbocycles. The van der Waals surface area contributed by atoms with Crippen LogP contribution in [-0.4, -0.2) is 17.0 Å². The number of carbonyl (C=O) groups is 2. The minimum atomic E-state index is -0.218. The van der Waals surface area contributed by atoms with Crippen LogP contribution in [0, 0.1) is 13.8 Å². The number of aromatic nitrogens is 1. The van der Waals surface area contributed by atoms with Crippen molar-refractivity contribution in [2.24, 2.45) is 0 Å². The van der Waals surface area contributed by atoms with Crippen molar-refractivity contribution in [2.75, 3.05) is 10.6 Å². The molecule has 0 saturated carbocycles. The Hall–Kier alpha value is -3.41. The standard InChI is InChI=1S/C20H19N3O3/c1-12-19(13(2)26-23-12)15-4-8-18(9-5-15)22-20(25)16-6-10-17(11-7-16)21-14(3)24/h4-11H,1-3H3,(H,21,24)(H,22,25). The van der Waals surface area contributed by atoms with Crippen molar-refractivity contribution in [3.8, 4) is 11.1 Å². The van der Waals surface area contributed by atoms with Crippen LogP contribution in [0.1, 0.15) is 28.7 Å². The van der Waals surface area contributed by atoms with E-state index in [1.54, 1.807) is 24.3 Å². The molecule has 0 spiro atoms. The van der Waals surface area contributed by atoms with Crippen molar-refractivity contribution >= 4 is 23.2 Å². The molecule has 2 N–H and O–H groups in total. The molecule has 1 heterocycles. The first kappa shape index (κ1) is 17.4. The Morgan fingerprint density at radius 2 is 1.46 bits per heavy atom. The lowest BCUT2D eigenvalue weighted by molar-refractivity contribution is -0.114. The van der Waals surface area contributed by atoms with E-state index in [1.807, 2.05) is 38.1 Å². The van der Waals surface area contributed by atoms with Gasteiger partial charge in [0.2, 0.25) is 5.91 Å². The van der Waals surface area contributed by atoms with E-state index < -0.39 is 0 Å². The number of amides is 2. The fourth-order valence-corrected chi connectivity index (χ4v) is 2.73. The normalized spacial score (nSPS) is 10.4. The van der Waals surface area contributed by atoms with Gasteiger partial charge >= 0.3 is 0 Å². The largest absolute Gasteiger partial charge is 0.361 e. The first-order valence-electron chi connectivity index (χ1n) is 8.16. The molecule has 2 amide bonds. The maximum absolute atomic E-state index is 12.3. The van der Waals surface area contributed by atoms with Gasteiger partial charge in [-0.15, -0.1) is 0 Å². The minimum Gasteiger partial charge on any atom is -0.361 e. The van der Waals surface area contributed by atoms with Gasteiger partial charge in [0, 0.05) is 29.4 Å². The molecule has 0 aliphatic rings. The third-order valence-electron chi connectivity index (χ3n) is 3.93. The predicted molar refractivity (Wildman–Crippen MR) is 100 cm³/mol. The zero-order valence-electron chi connectivity index (χ0n) is 14.8. The predicted octanol–water partition coefficient (Wildman–Crippen LogP) is 4.17. The highest BCUT2D eigenvalue weighted by Crippen LogP contribution is 2.27. The highest BCUT2D eigenvalue weighted by molar-refractivity contribution is 6.04. The monoisotopic (exact) mass is 349 g/mol. The van der Waals surface area contributed by atoms with Gasteiger partial charge in [0.05, 0.1) is 5.69 Å². The molecule has 0 aliphatic heterocycles. The minimum absolute atomic E-state index is 0.152. The van der Waals surface area contributed by atoms with E-state index in [9.17, 15) is 9.59 Å². The second-order valence-electron chi connectivity index (χ2n) is 5.99. The molecule has 3 aromatic rings. The lowest BCUT2D eigenvalue weighted by Gasteiger charge is -2.08. The summed E-state index contributed by atoms with van der Waals surface area (Å²) in [5.41, 5.74) is 4.64. The summed E-state index contributed by atoms with van der Waals surface area (Å²) in [6.45, 7) is 5.20. The molecule has 6 nitrogen and oxygen atoms in total. The molecule has 0 fully saturated rings. The van der Waals surface area contributed by atoms with Crippen molar-refractivity contribution in [3.05, 3.63) is 65.5 Å². The molecule has 3 rings (SSSR count). The van der Waals surface area contributed by atoms with Gasteiger partial charge in [-0.2, -0.15) is 0 Å². The average molecular weight is 349 g/mol. The molecular weight excluding hydrogens is 330 g/mol. The molecule has 1 aromatic heterocycles. The summed E-state index contributed by atoms with van der Waals surface area (Å²) in [5, 5.41) is 9.48. The van der Waals surface area contributed by atoms with E-state index in [2.05, 4.69) is 15.8 Å². The highest BCUT2D eigenvalue weighted by Gasteiger charge is 2.12. The Labute approximate surface area is 151 Å².